The molecule has 0 unspecified atom stereocenters. The molecule has 9 heteroatoms. The van der Waals surface area contributed by atoms with Crippen LogP contribution < -0.4 is 20.7 Å². The van der Waals surface area contributed by atoms with E-state index in [1.165, 1.54) is 18.2 Å². The highest BCUT2D eigenvalue weighted by atomic mass is 19.1. The third-order valence-corrected chi connectivity index (χ3v) is 4.01. The highest BCUT2D eigenvalue weighted by molar-refractivity contribution is 5.99. The van der Waals surface area contributed by atoms with Gasteiger partial charge in [-0.2, -0.15) is 0 Å². The van der Waals surface area contributed by atoms with Gasteiger partial charge in [0.15, 0.2) is 0 Å². The quantitative estimate of drug-likeness (QED) is 0.455. The van der Waals surface area contributed by atoms with Crippen LogP contribution in [-0.2, 0) is 5.41 Å². The number of aromatic nitrogens is 2. The van der Waals surface area contributed by atoms with Gasteiger partial charge in [0.2, 0.25) is 5.88 Å². The number of urea groups is 1. The van der Waals surface area contributed by atoms with Crippen molar-refractivity contribution < 1.29 is 18.4 Å². The van der Waals surface area contributed by atoms with Gasteiger partial charge in [-0.3, -0.25) is 5.32 Å². The van der Waals surface area contributed by atoms with Crippen LogP contribution in [0.5, 0.6) is 11.5 Å². The average molecular weight is 425 g/mol. The summed E-state index contributed by atoms with van der Waals surface area (Å²) in [5.41, 5.74) is 1.18. The van der Waals surface area contributed by atoms with E-state index in [1.807, 2.05) is 20.8 Å². The van der Waals surface area contributed by atoms with Crippen LogP contribution in [0.15, 0.2) is 59.4 Å². The van der Waals surface area contributed by atoms with Gasteiger partial charge >= 0.3 is 6.03 Å². The molecule has 31 heavy (non-hydrogen) atoms. The Morgan fingerprint density at radius 3 is 2.48 bits per heavy atom. The van der Waals surface area contributed by atoms with E-state index in [9.17, 15) is 9.18 Å². The van der Waals surface area contributed by atoms with E-state index in [2.05, 4.69) is 32.7 Å². The Hall–Kier alpha value is -3.88. The van der Waals surface area contributed by atoms with Gasteiger partial charge in [-0.25, -0.2) is 14.2 Å². The number of amides is 2. The van der Waals surface area contributed by atoms with E-state index >= 15 is 0 Å². The van der Waals surface area contributed by atoms with Crippen molar-refractivity contribution in [3.05, 3.63) is 66.4 Å². The molecular formula is C22H24FN5O3. The van der Waals surface area contributed by atoms with Crippen molar-refractivity contribution in [1.29, 1.82) is 0 Å². The molecule has 0 spiro atoms. The second-order valence-electron chi connectivity index (χ2n) is 7.93. The molecule has 0 atom stereocenters. The molecule has 162 valence electrons. The fourth-order valence-electron chi connectivity index (χ4n) is 2.51. The fourth-order valence-corrected chi connectivity index (χ4v) is 2.51. The minimum atomic E-state index is -0.658. The molecule has 3 N–H and O–H groups in total. The molecule has 0 radical (unpaired) electrons. The molecular weight excluding hydrogens is 401 g/mol. The minimum absolute atomic E-state index is 0.0141. The molecule has 0 aliphatic rings. The lowest BCUT2D eigenvalue weighted by molar-refractivity contribution is 0.261. The first-order valence-electron chi connectivity index (χ1n) is 9.51. The third kappa shape index (κ3) is 6.05. The van der Waals surface area contributed by atoms with Gasteiger partial charge in [-0.15, -0.1) is 0 Å². The molecule has 0 aliphatic carbocycles. The van der Waals surface area contributed by atoms with Gasteiger partial charge in [0.1, 0.15) is 23.1 Å². The Morgan fingerprint density at radius 1 is 1.10 bits per heavy atom. The van der Waals surface area contributed by atoms with E-state index in [1.54, 1.807) is 31.3 Å². The largest absolute Gasteiger partial charge is 0.457 e. The number of hydrogen-bond acceptors (Lipinski definition) is 6. The van der Waals surface area contributed by atoms with Crippen LogP contribution in [0, 0.1) is 5.82 Å². The number of carbonyl (C=O) groups is 1. The Bertz CT molecular complexity index is 1100. The highest BCUT2D eigenvalue weighted by Crippen LogP contribution is 2.27. The Balaban J connectivity index is 1.63. The number of benzene rings is 1. The number of anilines is 3. The van der Waals surface area contributed by atoms with Crippen molar-refractivity contribution in [2.45, 2.75) is 33.1 Å². The van der Waals surface area contributed by atoms with Crippen LogP contribution in [-0.4, -0.2) is 16.2 Å². The number of halogens is 1. The molecule has 3 rings (SSSR count). The third-order valence-electron chi connectivity index (χ3n) is 4.01. The van der Waals surface area contributed by atoms with Crippen molar-refractivity contribution in [1.82, 2.24) is 10.1 Å². The monoisotopic (exact) mass is 425 g/mol. The van der Waals surface area contributed by atoms with Crippen molar-refractivity contribution in [3.63, 3.8) is 0 Å². The van der Waals surface area contributed by atoms with Crippen LogP contribution in [0.4, 0.5) is 26.6 Å². The van der Waals surface area contributed by atoms with E-state index in [0.29, 0.717) is 17.3 Å². The predicted octanol–water partition coefficient (Wildman–Crippen LogP) is 5.89. The number of nitrogens with one attached hydrogen (secondary N) is 3. The summed E-state index contributed by atoms with van der Waals surface area (Å²) in [6, 6.07) is 8.39. The number of pyridine rings is 1. The van der Waals surface area contributed by atoms with Crippen molar-refractivity contribution in [3.8, 4) is 11.5 Å². The molecule has 0 bridgehead atoms. The molecule has 0 fully saturated rings. The van der Waals surface area contributed by atoms with Gasteiger partial charge < -0.3 is 19.9 Å². The van der Waals surface area contributed by atoms with E-state index in [0.717, 1.165) is 5.70 Å². The van der Waals surface area contributed by atoms with Gasteiger partial charge in [0.25, 0.3) is 0 Å². The maximum Gasteiger partial charge on any atom is 0.326 e. The van der Waals surface area contributed by atoms with E-state index in [-0.39, 0.29) is 22.7 Å². The lowest BCUT2D eigenvalue weighted by Gasteiger charge is -2.12. The Morgan fingerprint density at radius 2 is 1.84 bits per heavy atom. The number of allylic oxidation sites excluding steroid dienone is 1. The number of nitrogens with zero attached hydrogens (tertiary/aromatic N) is 2. The van der Waals surface area contributed by atoms with Gasteiger partial charge in [0.05, 0.1) is 11.4 Å². The van der Waals surface area contributed by atoms with Crippen LogP contribution in [0.25, 0.3) is 0 Å². The van der Waals surface area contributed by atoms with Crippen molar-refractivity contribution in [2.24, 2.45) is 0 Å². The number of ether oxygens (including phenoxy) is 1. The molecule has 2 aromatic heterocycles. The van der Waals surface area contributed by atoms with Crippen molar-refractivity contribution in [2.75, 3.05) is 16.0 Å². The number of rotatable bonds is 6. The highest BCUT2D eigenvalue weighted by Gasteiger charge is 2.20. The van der Waals surface area contributed by atoms with Crippen LogP contribution in [0.1, 0.15) is 33.4 Å². The number of hydrogen-bond donors (Lipinski definition) is 3. The van der Waals surface area contributed by atoms with Gasteiger partial charge in [0, 0.05) is 35.5 Å². The first kappa shape index (κ1) is 21.8. The summed E-state index contributed by atoms with van der Waals surface area (Å²) in [6.07, 6.45) is 1.56. The zero-order valence-electron chi connectivity index (χ0n) is 17.7. The molecule has 1 aromatic carbocycles. The molecule has 2 amide bonds. The van der Waals surface area contributed by atoms with Gasteiger partial charge in [-0.1, -0.05) is 32.5 Å². The summed E-state index contributed by atoms with van der Waals surface area (Å²) in [4.78, 5) is 16.3. The van der Waals surface area contributed by atoms with Crippen molar-refractivity contribution >= 4 is 23.4 Å². The first-order valence-corrected chi connectivity index (χ1v) is 9.51. The Labute approximate surface area is 179 Å². The summed E-state index contributed by atoms with van der Waals surface area (Å²) in [5.74, 6) is 0.801. The second-order valence-corrected chi connectivity index (χ2v) is 7.93. The second kappa shape index (κ2) is 8.86. The molecule has 2 heterocycles. The number of carbonyl (C=O) groups excluding carboxylic acids is 1. The van der Waals surface area contributed by atoms with E-state index in [4.69, 9.17) is 9.26 Å². The Kier molecular flexibility index (Phi) is 6.24. The molecule has 3 aromatic rings. The zero-order valence-corrected chi connectivity index (χ0v) is 17.7. The molecule has 0 aliphatic heterocycles. The molecule has 0 saturated carbocycles. The lowest BCUT2D eigenvalue weighted by Crippen LogP contribution is -2.19. The maximum atomic E-state index is 14.5. The summed E-state index contributed by atoms with van der Waals surface area (Å²) < 4.78 is 25.2. The van der Waals surface area contributed by atoms with Crippen LogP contribution in [0.3, 0.4) is 0 Å². The summed E-state index contributed by atoms with van der Waals surface area (Å²) in [7, 11) is 0. The topological polar surface area (TPSA) is 101 Å². The first-order chi connectivity index (χ1) is 14.6. The summed E-state index contributed by atoms with van der Waals surface area (Å²) in [5, 5.41) is 11.8. The predicted molar refractivity (Wildman–Crippen MR) is 117 cm³/mol. The van der Waals surface area contributed by atoms with Gasteiger partial charge in [-0.05, 0) is 25.1 Å². The molecule has 0 saturated heterocycles. The summed E-state index contributed by atoms with van der Waals surface area (Å²) in [6.45, 7) is 11.5. The maximum absolute atomic E-state index is 14.5. The average Bonchev–Trinajstić information content (AvgIpc) is 3.12. The zero-order chi connectivity index (χ0) is 22.6. The smallest absolute Gasteiger partial charge is 0.326 e. The SMILES string of the molecule is C=C(C)Nc1cc(Oc2ccc(NC(=O)Nc3cc(C(C)(C)C)no3)c(F)c2)ccn1. The standard InChI is InChI=1S/C22H24FN5O3/c1-13(2)25-19-11-15(8-9-24-19)30-14-6-7-17(16(23)10-14)26-21(29)27-20-12-18(28-31-20)22(3,4)5/h6-12H,1H2,2-5H3,(H,24,25)(H2,26,27,29). The van der Waals surface area contributed by atoms with Crippen LogP contribution in [0.2, 0.25) is 0 Å². The summed E-state index contributed by atoms with van der Waals surface area (Å²) >= 11 is 0. The normalized spacial score (nSPS) is 11.0. The van der Waals surface area contributed by atoms with Crippen LogP contribution >= 0.6 is 0 Å². The molecule has 8 nitrogen and oxygen atoms in total. The lowest BCUT2D eigenvalue weighted by atomic mass is 9.92. The fraction of sp³-hybridized carbons (Fsp3) is 0.227. The minimum Gasteiger partial charge on any atom is -0.457 e. The van der Waals surface area contributed by atoms with E-state index < -0.39 is 11.8 Å².